The third kappa shape index (κ3) is 1.57. The van der Waals surface area contributed by atoms with E-state index in [1.54, 1.807) is 36.5 Å². The Balaban J connectivity index is 2.55. The van der Waals surface area contributed by atoms with Gasteiger partial charge >= 0.3 is 0 Å². The number of halogens is 1. The summed E-state index contributed by atoms with van der Waals surface area (Å²) < 4.78 is 13.3. The molecule has 1 aromatic heterocycles. The van der Waals surface area contributed by atoms with Crippen molar-refractivity contribution in [2.24, 2.45) is 0 Å². The Morgan fingerprint density at radius 2 is 2.00 bits per heavy atom. The van der Waals surface area contributed by atoms with Crippen LogP contribution in [0, 0.1) is 5.82 Å². The molecule has 0 aliphatic rings. The van der Waals surface area contributed by atoms with Gasteiger partial charge in [-0.05, 0) is 24.3 Å². The standard InChI is InChI=1S/C11H9FN2/c12-10-5-2-6-14-11(10)8-3-1-4-9(13)7-8/h1-7H,13H2. The monoisotopic (exact) mass is 188 g/mol. The van der Waals surface area contributed by atoms with Crippen molar-refractivity contribution in [3.8, 4) is 11.3 Å². The molecule has 1 aromatic carbocycles. The van der Waals surface area contributed by atoms with Gasteiger partial charge in [-0.3, -0.25) is 4.98 Å². The number of nitrogen functional groups attached to an aromatic ring is 1. The average Bonchev–Trinajstić information content (AvgIpc) is 2.18. The second kappa shape index (κ2) is 3.46. The van der Waals surface area contributed by atoms with Crippen molar-refractivity contribution in [2.75, 3.05) is 5.73 Å². The van der Waals surface area contributed by atoms with E-state index in [2.05, 4.69) is 4.98 Å². The minimum Gasteiger partial charge on any atom is -0.399 e. The SMILES string of the molecule is Nc1cccc(-c2ncccc2F)c1. The highest BCUT2D eigenvalue weighted by Crippen LogP contribution is 2.21. The Kier molecular flexibility index (Phi) is 2.14. The number of anilines is 1. The summed E-state index contributed by atoms with van der Waals surface area (Å²) in [6.07, 6.45) is 1.56. The summed E-state index contributed by atoms with van der Waals surface area (Å²) in [5.74, 6) is -0.335. The number of aromatic nitrogens is 1. The molecule has 2 N–H and O–H groups in total. The Morgan fingerprint density at radius 1 is 1.14 bits per heavy atom. The maximum absolute atomic E-state index is 13.3. The molecule has 0 fully saturated rings. The molecule has 0 saturated carbocycles. The fourth-order valence-electron chi connectivity index (χ4n) is 1.28. The predicted octanol–water partition coefficient (Wildman–Crippen LogP) is 2.47. The van der Waals surface area contributed by atoms with Crippen LogP contribution in [0.3, 0.4) is 0 Å². The first-order chi connectivity index (χ1) is 6.77. The molecule has 0 unspecified atom stereocenters. The molecule has 1 heterocycles. The lowest BCUT2D eigenvalue weighted by Crippen LogP contribution is -1.90. The summed E-state index contributed by atoms with van der Waals surface area (Å²) in [5, 5.41) is 0. The van der Waals surface area contributed by atoms with Crippen molar-refractivity contribution >= 4 is 5.69 Å². The summed E-state index contributed by atoms with van der Waals surface area (Å²) in [4.78, 5) is 3.96. The van der Waals surface area contributed by atoms with Crippen molar-refractivity contribution in [3.63, 3.8) is 0 Å². The highest BCUT2D eigenvalue weighted by molar-refractivity contribution is 5.64. The van der Waals surface area contributed by atoms with Crippen molar-refractivity contribution in [2.45, 2.75) is 0 Å². The fourth-order valence-corrected chi connectivity index (χ4v) is 1.28. The van der Waals surface area contributed by atoms with Crippen LogP contribution in [0.15, 0.2) is 42.6 Å². The van der Waals surface area contributed by atoms with Gasteiger partial charge in [-0.25, -0.2) is 4.39 Å². The second-order valence-corrected chi connectivity index (χ2v) is 2.96. The van der Waals surface area contributed by atoms with Gasteiger partial charge in [-0.15, -0.1) is 0 Å². The summed E-state index contributed by atoms with van der Waals surface area (Å²) in [7, 11) is 0. The van der Waals surface area contributed by atoms with E-state index < -0.39 is 0 Å². The van der Waals surface area contributed by atoms with E-state index in [0.29, 0.717) is 16.9 Å². The van der Waals surface area contributed by atoms with Crippen LogP contribution in [-0.4, -0.2) is 4.98 Å². The molecule has 0 spiro atoms. The van der Waals surface area contributed by atoms with Crippen LogP contribution in [0.2, 0.25) is 0 Å². The van der Waals surface area contributed by atoms with Gasteiger partial charge in [0.25, 0.3) is 0 Å². The first-order valence-electron chi connectivity index (χ1n) is 4.24. The lowest BCUT2D eigenvalue weighted by molar-refractivity contribution is 0.626. The van der Waals surface area contributed by atoms with Crippen molar-refractivity contribution in [3.05, 3.63) is 48.4 Å². The Bertz CT molecular complexity index is 455. The molecule has 0 atom stereocenters. The lowest BCUT2D eigenvalue weighted by Gasteiger charge is -2.02. The molecule has 2 nitrogen and oxygen atoms in total. The van der Waals surface area contributed by atoms with Gasteiger partial charge in [-0.1, -0.05) is 12.1 Å². The molecule has 3 heteroatoms. The quantitative estimate of drug-likeness (QED) is 0.698. The number of hydrogen-bond donors (Lipinski definition) is 1. The predicted molar refractivity (Wildman–Crippen MR) is 54.0 cm³/mol. The van der Waals surface area contributed by atoms with Gasteiger partial charge in [0.05, 0.1) is 0 Å². The van der Waals surface area contributed by atoms with Gasteiger partial charge < -0.3 is 5.73 Å². The number of pyridine rings is 1. The van der Waals surface area contributed by atoms with E-state index in [4.69, 9.17) is 5.73 Å². The molecular weight excluding hydrogens is 179 g/mol. The van der Waals surface area contributed by atoms with E-state index in [9.17, 15) is 4.39 Å². The lowest BCUT2D eigenvalue weighted by atomic mass is 10.1. The largest absolute Gasteiger partial charge is 0.399 e. The van der Waals surface area contributed by atoms with Crippen molar-refractivity contribution < 1.29 is 4.39 Å². The third-order valence-electron chi connectivity index (χ3n) is 1.92. The van der Waals surface area contributed by atoms with Crippen LogP contribution in [0.4, 0.5) is 10.1 Å². The summed E-state index contributed by atoms with van der Waals surface area (Å²) >= 11 is 0. The zero-order valence-electron chi connectivity index (χ0n) is 7.44. The molecule has 2 rings (SSSR count). The Hall–Kier alpha value is -1.90. The highest BCUT2D eigenvalue weighted by Gasteiger charge is 2.04. The molecule has 2 aromatic rings. The Labute approximate surface area is 81.2 Å². The molecular formula is C11H9FN2. The average molecular weight is 188 g/mol. The topological polar surface area (TPSA) is 38.9 Å². The molecule has 0 bridgehead atoms. The molecule has 0 aliphatic carbocycles. The summed E-state index contributed by atoms with van der Waals surface area (Å²) in [5.41, 5.74) is 7.23. The van der Waals surface area contributed by atoms with Gasteiger partial charge in [0.1, 0.15) is 11.5 Å². The van der Waals surface area contributed by atoms with Crippen LogP contribution in [-0.2, 0) is 0 Å². The second-order valence-electron chi connectivity index (χ2n) is 2.96. The van der Waals surface area contributed by atoms with E-state index >= 15 is 0 Å². The normalized spacial score (nSPS) is 10.1. The molecule has 0 aliphatic heterocycles. The van der Waals surface area contributed by atoms with Gasteiger partial charge in [0, 0.05) is 17.4 Å². The van der Waals surface area contributed by atoms with Crippen LogP contribution in [0.25, 0.3) is 11.3 Å². The number of rotatable bonds is 1. The summed E-state index contributed by atoms with van der Waals surface area (Å²) in [6.45, 7) is 0. The molecule has 0 radical (unpaired) electrons. The number of nitrogens with two attached hydrogens (primary N) is 1. The maximum atomic E-state index is 13.3. The minimum atomic E-state index is -0.335. The van der Waals surface area contributed by atoms with Crippen molar-refractivity contribution in [1.82, 2.24) is 4.98 Å². The highest BCUT2D eigenvalue weighted by atomic mass is 19.1. The van der Waals surface area contributed by atoms with Gasteiger partial charge in [0.15, 0.2) is 0 Å². The van der Waals surface area contributed by atoms with Crippen LogP contribution in [0.5, 0.6) is 0 Å². The smallest absolute Gasteiger partial charge is 0.149 e. The number of hydrogen-bond acceptors (Lipinski definition) is 2. The number of benzene rings is 1. The van der Waals surface area contributed by atoms with E-state index in [-0.39, 0.29) is 5.82 Å². The van der Waals surface area contributed by atoms with E-state index in [0.717, 1.165) is 0 Å². The number of nitrogens with zero attached hydrogens (tertiary/aromatic N) is 1. The van der Waals surface area contributed by atoms with Crippen LogP contribution >= 0.6 is 0 Å². The fraction of sp³-hybridized carbons (Fsp3) is 0. The third-order valence-corrected chi connectivity index (χ3v) is 1.92. The van der Waals surface area contributed by atoms with Gasteiger partial charge in [-0.2, -0.15) is 0 Å². The molecule has 0 amide bonds. The van der Waals surface area contributed by atoms with Crippen molar-refractivity contribution in [1.29, 1.82) is 0 Å². The first kappa shape index (κ1) is 8.69. The Morgan fingerprint density at radius 3 is 2.71 bits per heavy atom. The molecule has 14 heavy (non-hydrogen) atoms. The van der Waals surface area contributed by atoms with E-state index in [1.165, 1.54) is 6.07 Å². The first-order valence-corrected chi connectivity index (χ1v) is 4.24. The van der Waals surface area contributed by atoms with E-state index in [1.807, 2.05) is 0 Å². The zero-order chi connectivity index (χ0) is 9.97. The minimum absolute atomic E-state index is 0.333. The molecule has 0 saturated heterocycles. The van der Waals surface area contributed by atoms with Crippen LogP contribution < -0.4 is 5.73 Å². The maximum Gasteiger partial charge on any atom is 0.149 e. The summed E-state index contributed by atoms with van der Waals surface area (Å²) in [6, 6.07) is 9.95. The molecule has 70 valence electrons. The van der Waals surface area contributed by atoms with Gasteiger partial charge in [0.2, 0.25) is 0 Å². The zero-order valence-corrected chi connectivity index (χ0v) is 7.44. The van der Waals surface area contributed by atoms with Crippen LogP contribution in [0.1, 0.15) is 0 Å².